The molecule has 2 heterocycles. The summed E-state index contributed by atoms with van der Waals surface area (Å²) in [5.74, 6) is 0. The van der Waals surface area contributed by atoms with Crippen molar-refractivity contribution < 1.29 is 20.1 Å². The fraction of sp³-hybridized carbons (Fsp3) is 0.222. The number of hydrogen-bond donors (Lipinski definition) is 0. The molecule has 0 aliphatic carbocycles. The Bertz CT molecular complexity index is 1430. The van der Waals surface area contributed by atoms with E-state index in [1.165, 1.54) is 55.2 Å². The largest absolute Gasteiger partial charge is 0.333 e. The summed E-state index contributed by atoms with van der Waals surface area (Å²) in [7, 11) is 0. The predicted molar refractivity (Wildman–Crippen MR) is 123 cm³/mol. The van der Waals surface area contributed by atoms with Crippen LogP contribution in [0, 0.1) is 47.6 Å². The zero-order chi connectivity index (χ0) is 20.4. The van der Waals surface area contributed by atoms with Gasteiger partial charge < -0.3 is 4.40 Å². The molecule has 0 unspecified atom stereocenters. The zero-order valence-corrected chi connectivity index (χ0v) is 20.7. The van der Waals surface area contributed by atoms with E-state index in [-0.39, 0.29) is 20.1 Å². The van der Waals surface area contributed by atoms with Gasteiger partial charge in [0.1, 0.15) is 0 Å². The average Bonchev–Trinajstić information content (AvgIpc) is 3.16. The van der Waals surface area contributed by atoms with E-state index in [1.807, 2.05) is 12.3 Å². The van der Waals surface area contributed by atoms with Crippen LogP contribution in [0.5, 0.6) is 0 Å². The molecule has 5 rings (SSSR count). The Hall–Kier alpha value is -2.48. The summed E-state index contributed by atoms with van der Waals surface area (Å²) >= 11 is 0. The second-order valence-corrected chi connectivity index (χ2v) is 8.28. The molecule has 0 amide bonds. The Labute approximate surface area is 191 Å². The first-order valence-corrected chi connectivity index (χ1v) is 10.2. The Morgan fingerprint density at radius 1 is 0.800 bits per heavy atom. The van der Waals surface area contributed by atoms with Crippen LogP contribution in [0.3, 0.4) is 0 Å². The van der Waals surface area contributed by atoms with Gasteiger partial charge in [0, 0.05) is 37.4 Å². The molecule has 0 fully saturated rings. The van der Waals surface area contributed by atoms with Crippen molar-refractivity contribution in [2.75, 3.05) is 0 Å². The Morgan fingerprint density at radius 2 is 1.47 bits per heavy atom. The number of imidazole rings is 1. The maximum Gasteiger partial charge on any atom is 0.0639 e. The van der Waals surface area contributed by atoms with Crippen LogP contribution in [-0.2, 0) is 20.1 Å². The minimum absolute atomic E-state index is 0. The monoisotopic (exact) mass is 570 g/mol. The third-order valence-corrected chi connectivity index (χ3v) is 6.78. The maximum atomic E-state index is 4.89. The molecule has 2 nitrogen and oxygen atoms in total. The van der Waals surface area contributed by atoms with Crippen molar-refractivity contribution >= 4 is 27.3 Å². The van der Waals surface area contributed by atoms with Gasteiger partial charge in [0.2, 0.25) is 0 Å². The SMILES string of the molecule is Cc1ccc2c(c1)c1ccc[c-]c1c1ncc(-c3c(C)c(C)c(C)c(C)c3C)n21.[Ir]. The Morgan fingerprint density at radius 3 is 2.17 bits per heavy atom. The molecule has 0 N–H and O–H groups in total. The molecule has 0 atom stereocenters. The summed E-state index contributed by atoms with van der Waals surface area (Å²) in [5.41, 5.74) is 12.7. The van der Waals surface area contributed by atoms with Crippen LogP contribution in [0.4, 0.5) is 0 Å². The molecule has 0 saturated heterocycles. The number of pyridine rings is 1. The normalized spacial score (nSPS) is 11.4. The second-order valence-electron chi connectivity index (χ2n) is 8.28. The number of benzene rings is 3. The van der Waals surface area contributed by atoms with Gasteiger partial charge in [-0.05, 0) is 80.8 Å². The average molecular weight is 570 g/mol. The molecular weight excluding hydrogens is 545 g/mol. The topological polar surface area (TPSA) is 17.3 Å². The molecule has 1 radical (unpaired) electrons. The van der Waals surface area contributed by atoms with E-state index in [2.05, 4.69) is 82.3 Å². The number of nitrogens with zero attached hydrogens (tertiary/aromatic N) is 2. The first kappa shape index (κ1) is 20.8. The van der Waals surface area contributed by atoms with Crippen LogP contribution in [0.2, 0.25) is 0 Å². The summed E-state index contributed by atoms with van der Waals surface area (Å²) in [6.07, 6.45) is 2.04. The number of aromatic nitrogens is 2. The fourth-order valence-electron chi connectivity index (χ4n) is 4.74. The van der Waals surface area contributed by atoms with Gasteiger partial charge in [-0.25, -0.2) is 0 Å². The van der Waals surface area contributed by atoms with E-state index >= 15 is 0 Å². The molecule has 3 heteroatoms. The van der Waals surface area contributed by atoms with Crippen molar-refractivity contribution in [1.82, 2.24) is 9.38 Å². The predicted octanol–water partition coefficient (Wildman–Crippen LogP) is 6.96. The van der Waals surface area contributed by atoms with Crippen molar-refractivity contribution in [3.63, 3.8) is 0 Å². The number of hydrogen-bond acceptors (Lipinski definition) is 1. The van der Waals surface area contributed by atoms with Gasteiger partial charge in [0.25, 0.3) is 0 Å². The first-order valence-electron chi connectivity index (χ1n) is 10.2. The smallest absolute Gasteiger partial charge is 0.0639 e. The molecule has 153 valence electrons. The molecule has 2 aromatic heterocycles. The molecule has 0 spiro atoms. The van der Waals surface area contributed by atoms with Crippen LogP contribution in [0.15, 0.2) is 42.6 Å². The summed E-state index contributed by atoms with van der Waals surface area (Å²) in [6, 6.07) is 16.4. The fourth-order valence-corrected chi connectivity index (χ4v) is 4.74. The molecular formula is C27H25IrN2-. The van der Waals surface area contributed by atoms with Crippen LogP contribution >= 0.6 is 0 Å². The summed E-state index contributed by atoms with van der Waals surface area (Å²) < 4.78 is 2.33. The van der Waals surface area contributed by atoms with Crippen LogP contribution in [0.25, 0.3) is 38.6 Å². The quantitative estimate of drug-likeness (QED) is 0.158. The molecule has 30 heavy (non-hydrogen) atoms. The van der Waals surface area contributed by atoms with Crippen LogP contribution in [0.1, 0.15) is 33.4 Å². The van der Waals surface area contributed by atoms with E-state index < -0.39 is 0 Å². The standard InChI is InChI=1S/C27H25N2.Ir/c1-15-11-12-24-23(13-15)21-9-7-8-10-22(21)27-28-14-25(29(24)27)26-19(5)17(3)16(2)18(4)20(26)6;/h7-9,11-14H,1-6H3;/q-1;. The Kier molecular flexibility index (Phi) is 5.08. The molecule has 0 aliphatic rings. The number of rotatable bonds is 1. The summed E-state index contributed by atoms with van der Waals surface area (Å²) in [4.78, 5) is 4.89. The van der Waals surface area contributed by atoms with Crippen LogP contribution in [-0.4, -0.2) is 9.38 Å². The minimum Gasteiger partial charge on any atom is -0.333 e. The van der Waals surface area contributed by atoms with Crippen molar-refractivity contribution in [3.8, 4) is 11.3 Å². The molecule has 3 aromatic carbocycles. The van der Waals surface area contributed by atoms with E-state index in [0.29, 0.717) is 0 Å². The zero-order valence-electron chi connectivity index (χ0n) is 18.3. The maximum absolute atomic E-state index is 4.89. The van der Waals surface area contributed by atoms with Gasteiger partial charge in [-0.3, -0.25) is 4.98 Å². The van der Waals surface area contributed by atoms with Crippen molar-refractivity contribution in [2.24, 2.45) is 0 Å². The third kappa shape index (κ3) is 2.76. The minimum atomic E-state index is 0. The number of fused-ring (bicyclic) bond motifs is 6. The van der Waals surface area contributed by atoms with Gasteiger partial charge >= 0.3 is 0 Å². The first-order chi connectivity index (χ1) is 13.9. The Balaban J connectivity index is 0.00000218. The van der Waals surface area contributed by atoms with Crippen molar-refractivity contribution in [3.05, 3.63) is 82.0 Å². The number of aryl methyl sites for hydroxylation is 1. The van der Waals surface area contributed by atoms with E-state index in [9.17, 15) is 0 Å². The van der Waals surface area contributed by atoms with Gasteiger partial charge in [-0.1, -0.05) is 23.1 Å². The summed E-state index contributed by atoms with van der Waals surface area (Å²) in [6.45, 7) is 13.3. The van der Waals surface area contributed by atoms with Crippen LogP contribution < -0.4 is 0 Å². The second kappa shape index (κ2) is 7.34. The molecule has 0 bridgehead atoms. The van der Waals surface area contributed by atoms with Gasteiger partial charge in [0.05, 0.1) is 11.3 Å². The van der Waals surface area contributed by atoms with Crippen molar-refractivity contribution in [2.45, 2.75) is 41.5 Å². The van der Waals surface area contributed by atoms with Gasteiger partial charge in [0.15, 0.2) is 0 Å². The van der Waals surface area contributed by atoms with E-state index in [0.717, 1.165) is 16.7 Å². The van der Waals surface area contributed by atoms with Gasteiger partial charge in [-0.2, -0.15) is 0 Å². The van der Waals surface area contributed by atoms with E-state index in [4.69, 9.17) is 4.98 Å². The molecule has 0 saturated carbocycles. The van der Waals surface area contributed by atoms with Gasteiger partial charge in [-0.15, -0.1) is 29.7 Å². The summed E-state index contributed by atoms with van der Waals surface area (Å²) in [5, 5.41) is 3.53. The third-order valence-electron chi connectivity index (χ3n) is 6.78. The van der Waals surface area contributed by atoms with E-state index in [1.54, 1.807) is 0 Å². The molecule has 5 aromatic rings. The van der Waals surface area contributed by atoms with Crippen molar-refractivity contribution in [1.29, 1.82) is 0 Å². The molecule has 0 aliphatic heterocycles.